The Labute approximate surface area is 166 Å². The van der Waals surface area contributed by atoms with Gasteiger partial charge in [-0.1, -0.05) is 35.9 Å². The highest BCUT2D eigenvalue weighted by Gasteiger charge is 2.59. The summed E-state index contributed by atoms with van der Waals surface area (Å²) in [7, 11) is 0. The number of β-lactam (4-membered cyclic amide) rings is 1. The number of benzene rings is 2. The Morgan fingerprint density at radius 1 is 1.11 bits per heavy atom. The largest absolute Gasteiger partial charge is 0.323 e. The Balaban J connectivity index is 1.77. The number of hydrogen-bond acceptors (Lipinski definition) is 3. The van der Waals surface area contributed by atoms with E-state index >= 15 is 0 Å². The highest BCUT2D eigenvalue weighted by molar-refractivity contribution is 7.10. The van der Waals surface area contributed by atoms with E-state index in [-0.39, 0.29) is 18.2 Å². The number of nitrogens with one attached hydrogen (secondary N) is 1. The molecule has 1 atom stereocenters. The van der Waals surface area contributed by atoms with Gasteiger partial charge in [-0.15, -0.1) is 11.3 Å². The molecule has 6 heteroatoms. The van der Waals surface area contributed by atoms with Gasteiger partial charge in [0.15, 0.2) is 5.54 Å². The Bertz CT molecular complexity index is 1000. The molecule has 1 aromatic heterocycles. The highest BCUT2D eigenvalue weighted by Crippen LogP contribution is 2.47. The van der Waals surface area contributed by atoms with Crippen LogP contribution in [0.3, 0.4) is 0 Å². The second-order valence-corrected chi connectivity index (χ2v) is 7.87. The van der Waals surface area contributed by atoms with E-state index < -0.39 is 5.54 Å². The Kier molecular flexibility index (Phi) is 4.50. The van der Waals surface area contributed by atoms with Crippen LogP contribution in [0.1, 0.15) is 16.9 Å². The summed E-state index contributed by atoms with van der Waals surface area (Å²) < 4.78 is 0. The molecular formula is C21H17ClN2O2S. The molecule has 0 spiro atoms. The van der Waals surface area contributed by atoms with E-state index in [0.29, 0.717) is 10.7 Å². The number of carbonyl (C=O) groups is 2. The van der Waals surface area contributed by atoms with E-state index in [0.717, 1.165) is 16.1 Å². The van der Waals surface area contributed by atoms with Gasteiger partial charge in [0, 0.05) is 21.3 Å². The number of hydrogen-bond donors (Lipinski definition) is 1. The number of thiophene rings is 1. The van der Waals surface area contributed by atoms with Crippen molar-refractivity contribution in [3.63, 3.8) is 0 Å². The maximum absolute atomic E-state index is 13.4. The number of para-hydroxylation sites is 1. The van der Waals surface area contributed by atoms with Crippen molar-refractivity contribution in [3.8, 4) is 0 Å². The smallest absolute Gasteiger partial charge is 0.256 e. The van der Waals surface area contributed by atoms with Crippen molar-refractivity contribution in [2.24, 2.45) is 0 Å². The molecular weight excluding hydrogens is 380 g/mol. The first-order chi connectivity index (χ1) is 13.0. The second-order valence-electron chi connectivity index (χ2n) is 6.49. The zero-order chi connectivity index (χ0) is 19.0. The summed E-state index contributed by atoms with van der Waals surface area (Å²) in [4.78, 5) is 28.4. The Hall–Kier alpha value is -2.63. The van der Waals surface area contributed by atoms with Gasteiger partial charge in [-0.05, 0) is 54.3 Å². The molecule has 27 heavy (non-hydrogen) atoms. The molecule has 1 aliphatic rings. The van der Waals surface area contributed by atoms with E-state index in [2.05, 4.69) is 5.32 Å². The van der Waals surface area contributed by atoms with Crippen molar-refractivity contribution in [2.45, 2.75) is 18.9 Å². The van der Waals surface area contributed by atoms with Crippen LogP contribution in [0.4, 0.5) is 11.4 Å². The lowest BCUT2D eigenvalue weighted by molar-refractivity contribution is -0.137. The Morgan fingerprint density at radius 3 is 2.48 bits per heavy atom. The fourth-order valence-corrected chi connectivity index (χ4v) is 4.43. The minimum atomic E-state index is -1.05. The van der Waals surface area contributed by atoms with Crippen molar-refractivity contribution in [3.05, 3.63) is 81.5 Å². The standard InChI is InChI=1S/C21H17ClN2O2S/c1-14-5-2-3-6-17(14)23-20(26)21(18-7-4-12-27-18)13-19(25)24(21)16-10-8-15(22)9-11-16/h2-12H,13H2,1H3,(H,23,26)/t21-/m1/s1. The molecule has 4 nitrogen and oxygen atoms in total. The zero-order valence-corrected chi connectivity index (χ0v) is 16.2. The van der Waals surface area contributed by atoms with E-state index in [1.165, 1.54) is 11.3 Å². The van der Waals surface area contributed by atoms with Gasteiger partial charge in [-0.2, -0.15) is 0 Å². The Morgan fingerprint density at radius 2 is 1.85 bits per heavy atom. The van der Waals surface area contributed by atoms with Gasteiger partial charge in [-0.25, -0.2) is 0 Å². The molecule has 4 rings (SSSR count). The van der Waals surface area contributed by atoms with E-state index in [1.807, 2.05) is 48.7 Å². The molecule has 1 aliphatic heterocycles. The first-order valence-electron chi connectivity index (χ1n) is 8.52. The van der Waals surface area contributed by atoms with Crippen LogP contribution in [0.5, 0.6) is 0 Å². The average Bonchev–Trinajstić information content (AvgIpc) is 3.17. The summed E-state index contributed by atoms with van der Waals surface area (Å²) in [5.74, 6) is -0.306. The van der Waals surface area contributed by atoms with Gasteiger partial charge in [0.1, 0.15) is 0 Å². The number of halogens is 1. The maximum atomic E-state index is 13.4. The predicted octanol–water partition coefficient (Wildman–Crippen LogP) is 4.98. The number of amides is 2. The highest BCUT2D eigenvalue weighted by atomic mass is 35.5. The van der Waals surface area contributed by atoms with Crippen LogP contribution in [0.15, 0.2) is 66.0 Å². The third-order valence-corrected chi connectivity index (χ3v) is 6.09. The SMILES string of the molecule is Cc1ccccc1NC(=O)[C@]1(c2cccs2)CC(=O)N1c1ccc(Cl)cc1. The number of carbonyl (C=O) groups excluding carboxylic acids is 2. The minimum Gasteiger partial charge on any atom is -0.323 e. The molecule has 0 saturated carbocycles. The maximum Gasteiger partial charge on any atom is 0.256 e. The van der Waals surface area contributed by atoms with Crippen molar-refractivity contribution < 1.29 is 9.59 Å². The lowest BCUT2D eigenvalue weighted by Crippen LogP contribution is -2.67. The van der Waals surface area contributed by atoms with Crippen molar-refractivity contribution in [1.82, 2.24) is 0 Å². The number of rotatable bonds is 4. The van der Waals surface area contributed by atoms with Crippen LogP contribution >= 0.6 is 22.9 Å². The molecule has 0 aliphatic carbocycles. The molecule has 0 radical (unpaired) electrons. The van der Waals surface area contributed by atoms with Crippen molar-refractivity contribution >= 4 is 46.1 Å². The molecule has 0 bridgehead atoms. The third kappa shape index (κ3) is 2.93. The molecule has 1 N–H and O–H groups in total. The average molecular weight is 397 g/mol. The van der Waals surface area contributed by atoms with Gasteiger partial charge in [-0.3, -0.25) is 14.5 Å². The molecule has 0 unspecified atom stereocenters. The lowest BCUT2D eigenvalue weighted by Gasteiger charge is -2.50. The van der Waals surface area contributed by atoms with Gasteiger partial charge < -0.3 is 5.32 Å². The molecule has 2 heterocycles. The van der Waals surface area contributed by atoms with E-state index in [1.54, 1.807) is 29.2 Å². The van der Waals surface area contributed by atoms with Crippen LogP contribution < -0.4 is 10.2 Å². The van der Waals surface area contributed by atoms with E-state index in [4.69, 9.17) is 11.6 Å². The van der Waals surface area contributed by atoms with Crippen LogP contribution in [-0.4, -0.2) is 11.8 Å². The van der Waals surface area contributed by atoms with Crippen molar-refractivity contribution in [1.29, 1.82) is 0 Å². The summed E-state index contributed by atoms with van der Waals surface area (Å²) in [6.07, 6.45) is 0.133. The molecule has 2 amide bonds. The van der Waals surface area contributed by atoms with Gasteiger partial charge in [0.25, 0.3) is 5.91 Å². The van der Waals surface area contributed by atoms with Crippen LogP contribution in [0.2, 0.25) is 5.02 Å². The van der Waals surface area contributed by atoms with Crippen LogP contribution in [-0.2, 0) is 15.1 Å². The zero-order valence-electron chi connectivity index (χ0n) is 14.6. The van der Waals surface area contributed by atoms with E-state index in [9.17, 15) is 9.59 Å². The minimum absolute atomic E-state index is 0.0920. The fourth-order valence-electron chi connectivity index (χ4n) is 3.40. The summed E-state index contributed by atoms with van der Waals surface area (Å²) >= 11 is 7.46. The predicted molar refractivity (Wildman–Crippen MR) is 109 cm³/mol. The summed E-state index contributed by atoms with van der Waals surface area (Å²) in [5.41, 5.74) is 1.31. The van der Waals surface area contributed by atoms with Gasteiger partial charge in [0.05, 0.1) is 6.42 Å². The first-order valence-corrected chi connectivity index (χ1v) is 9.78. The topological polar surface area (TPSA) is 49.4 Å². The number of nitrogens with zero attached hydrogens (tertiary/aromatic N) is 1. The number of anilines is 2. The van der Waals surface area contributed by atoms with Gasteiger partial charge >= 0.3 is 0 Å². The van der Waals surface area contributed by atoms with Crippen molar-refractivity contribution in [2.75, 3.05) is 10.2 Å². The normalized spacial score (nSPS) is 18.9. The molecule has 1 fully saturated rings. The molecule has 2 aromatic carbocycles. The molecule has 3 aromatic rings. The molecule has 136 valence electrons. The summed E-state index contributed by atoms with van der Waals surface area (Å²) in [5, 5.41) is 5.52. The monoisotopic (exact) mass is 396 g/mol. The van der Waals surface area contributed by atoms with Crippen LogP contribution in [0, 0.1) is 6.92 Å². The first kappa shape index (κ1) is 17.8. The fraction of sp³-hybridized carbons (Fsp3) is 0.143. The van der Waals surface area contributed by atoms with Gasteiger partial charge in [0.2, 0.25) is 5.91 Å². The summed E-state index contributed by atoms with van der Waals surface area (Å²) in [6, 6.07) is 18.4. The second kappa shape index (κ2) is 6.83. The third-order valence-electron chi connectivity index (χ3n) is 4.82. The van der Waals surface area contributed by atoms with Crippen LogP contribution in [0.25, 0.3) is 0 Å². The quantitative estimate of drug-likeness (QED) is 0.632. The number of aryl methyl sites for hydroxylation is 1. The summed E-state index contributed by atoms with van der Waals surface area (Å²) in [6.45, 7) is 1.94. The lowest BCUT2D eigenvalue weighted by atomic mass is 9.80. The molecule has 1 saturated heterocycles.